The normalized spacial score (nSPS) is 11.1. The summed E-state index contributed by atoms with van der Waals surface area (Å²) in [6.45, 7) is 2.85. The summed E-state index contributed by atoms with van der Waals surface area (Å²) < 4.78 is 13.0. The molecule has 0 unspecified atom stereocenters. The molecule has 2 nitrogen and oxygen atoms in total. The number of nitrogens with one attached hydrogen (secondary N) is 1. The zero-order valence-electron chi connectivity index (χ0n) is 8.23. The van der Waals surface area contributed by atoms with Crippen LogP contribution in [0.3, 0.4) is 0 Å². The minimum Gasteiger partial charge on any atom is -0.358 e. The molecule has 1 heterocycles. The van der Waals surface area contributed by atoms with Crippen LogP contribution in [0.15, 0.2) is 18.2 Å². The van der Waals surface area contributed by atoms with Crippen LogP contribution in [0.25, 0.3) is 10.9 Å². The van der Waals surface area contributed by atoms with Crippen molar-refractivity contribution in [3.63, 3.8) is 0 Å². The molecule has 4 N–H and O–H groups in total. The van der Waals surface area contributed by atoms with E-state index in [9.17, 15) is 4.39 Å². The molecular formula is C11H14FN2+. The SMILES string of the molecule is Cc1[nH]c2ccc(F)cc2c1CC[NH3+]. The van der Waals surface area contributed by atoms with Crippen molar-refractivity contribution in [2.24, 2.45) is 0 Å². The Kier molecular flexibility index (Phi) is 2.25. The Labute approximate surface area is 81.9 Å². The van der Waals surface area contributed by atoms with E-state index in [1.807, 2.05) is 6.92 Å². The lowest BCUT2D eigenvalue weighted by Crippen LogP contribution is -2.51. The Balaban J connectivity index is 2.66. The van der Waals surface area contributed by atoms with Crippen molar-refractivity contribution in [2.45, 2.75) is 13.3 Å². The summed E-state index contributed by atoms with van der Waals surface area (Å²) in [5.41, 5.74) is 7.14. The summed E-state index contributed by atoms with van der Waals surface area (Å²) in [5.74, 6) is -0.179. The smallest absolute Gasteiger partial charge is 0.123 e. The van der Waals surface area contributed by atoms with E-state index in [-0.39, 0.29) is 5.82 Å². The number of aromatic amines is 1. The van der Waals surface area contributed by atoms with Gasteiger partial charge in [-0.25, -0.2) is 4.39 Å². The highest BCUT2D eigenvalue weighted by molar-refractivity contribution is 5.84. The second-order valence-electron chi connectivity index (χ2n) is 3.52. The van der Waals surface area contributed by atoms with Gasteiger partial charge in [0.15, 0.2) is 0 Å². The monoisotopic (exact) mass is 193 g/mol. The van der Waals surface area contributed by atoms with E-state index in [0.29, 0.717) is 0 Å². The van der Waals surface area contributed by atoms with Gasteiger partial charge < -0.3 is 10.7 Å². The number of halogens is 1. The fourth-order valence-electron chi connectivity index (χ4n) is 1.85. The van der Waals surface area contributed by atoms with E-state index < -0.39 is 0 Å². The maximum absolute atomic E-state index is 13.0. The Bertz CT molecular complexity index is 460. The zero-order chi connectivity index (χ0) is 10.1. The number of benzene rings is 1. The third-order valence-corrected chi connectivity index (χ3v) is 2.51. The standard InChI is InChI=1S/C11H13FN2/c1-7-9(4-5-13)10-6-8(12)2-3-11(10)14-7/h2-3,6,14H,4-5,13H2,1H3/p+1. The van der Waals surface area contributed by atoms with Gasteiger partial charge in [0, 0.05) is 23.0 Å². The second kappa shape index (κ2) is 3.42. The van der Waals surface area contributed by atoms with Gasteiger partial charge in [0.05, 0.1) is 6.54 Å². The number of aryl methyl sites for hydroxylation is 1. The first-order valence-electron chi connectivity index (χ1n) is 4.78. The Morgan fingerprint density at radius 2 is 2.21 bits per heavy atom. The molecule has 1 aromatic heterocycles. The molecule has 0 spiro atoms. The van der Waals surface area contributed by atoms with Gasteiger partial charge in [0.25, 0.3) is 0 Å². The van der Waals surface area contributed by atoms with E-state index in [1.54, 1.807) is 12.1 Å². The van der Waals surface area contributed by atoms with Crippen LogP contribution in [0.1, 0.15) is 11.3 Å². The molecule has 14 heavy (non-hydrogen) atoms. The zero-order valence-corrected chi connectivity index (χ0v) is 8.23. The van der Waals surface area contributed by atoms with Crippen LogP contribution in [-0.2, 0) is 6.42 Å². The molecule has 1 aromatic carbocycles. The van der Waals surface area contributed by atoms with E-state index in [4.69, 9.17) is 0 Å². The van der Waals surface area contributed by atoms with Gasteiger partial charge in [0.2, 0.25) is 0 Å². The van der Waals surface area contributed by atoms with Crippen molar-refractivity contribution in [3.8, 4) is 0 Å². The molecule has 0 aliphatic carbocycles. The first-order chi connectivity index (χ1) is 6.72. The van der Waals surface area contributed by atoms with Gasteiger partial charge in [-0.05, 0) is 30.7 Å². The summed E-state index contributed by atoms with van der Waals surface area (Å²) in [5, 5.41) is 0.992. The third kappa shape index (κ3) is 1.40. The molecule has 74 valence electrons. The third-order valence-electron chi connectivity index (χ3n) is 2.51. The molecule has 3 heteroatoms. The molecule has 0 aliphatic heterocycles. The number of aromatic nitrogens is 1. The maximum atomic E-state index is 13.0. The quantitative estimate of drug-likeness (QED) is 0.724. The number of fused-ring (bicyclic) bond motifs is 1. The fraction of sp³-hybridized carbons (Fsp3) is 0.273. The maximum Gasteiger partial charge on any atom is 0.123 e. The predicted molar refractivity (Wildman–Crippen MR) is 54.5 cm³/mol. The van der Waals surface area contributed by atoms with Crippen LogP contribution in [0.5, 0.6) is 0 Å². The number of quaternary nitrogens is 1. The highest BCUT2D eigenvalue weighted by Crippen LogP contribution is 2.22. The number of hydrogen-bond donors (Lipinski definition) is 2. The summed E-state index contributed by atoms with van der Waals surface area (Å²) >= 11 is 0. The molecule has 0 saturated heterocycles. The first-order valence-corrected chi connectivity index (χ1v) is 4.78. The van der Waals surface area contributed by atoms with Crippen molar-refractivity contribution < 1.29 is 10.1 Å². The van der Waals surface area contributed by atoms with E-state index >= 15 is 0 Å². The molecule has 0 amide bonds. The van der Waals surface area contributed by atoms with Crippen molar-refractivity contribution in [1.29, 1.82) is 0 Å². The van der Waals surface area contributed by atoms with Gasteiger partial charge >= 0.3 is 0 Å². The summed E-state index contributed by atoms with van der Waals surface area (Å²) in [7, 11) is 0. The average Bonchev–Trinajstić information content (AvgIpc) is 2.45. The molecule has 0 radical (unpaired) electrons. The van der Waals surface area contributed by atoms with Gasteiger partial charge in [0.1, 0.15) is 5.82 Å². The van der Waals surface area contributed by atoms with Crippen LogP contribution >= 0.6 is 0 Å². The molecule has 0 saturated carbocycles. The minimum absolute atomic E-state index is 0.179. The topological polar surface area (TPSA) is 43.4 Å². The van der Waals surface area contributed by atoms with Crippen LogP contribution in [0.4, 0.5) is 4.39 Å². The highest BCUT2D eigenvalue weighted by Gasteiger charge is 2.08. The van der Waals surface area contributed by atoms with Crippen molar-refractivity contribution in [2.75, 3.05) is 6.54 Å². The van der Waals surface area contributed by atoms with Gasteiger partial charge in [-0.3, -0.25) is 0 Å². The molecular weight excluding hydrogens is 179 g/mol. The lowest BCUT2D eigenvalue weighted by Gasteiger charge is -1.96. The molecule has 0 fully saturated rings. The fourth-order valence-corrected chi connectivity index (χ4v) is 1.85. The molecule has 0 atom stereocenters. The van der Waals surface area contributed by atoms with Gasteiger partial charge in [-0.2, -0.15) is 0 Å². The Hall–Kier alpha value is -1.35. The molecule has 2 rings (SSSR count). The number of H-pyrrole nitrogens is 1. The van der Waals surface area contributed by atoms with E-state index in [0.717, 1.165) is 29.6 Å². The van der Waals surface area contributed by atoms with Crippen LogP contribution in [-0.4, -0.2) is 11.5 Å². The largest absolute Gasteiger partial charge is 0.358 e. The Morgan fingerprint density at radius 1 is 1.43 bits per heavy atom. The van der Waals surface area contributed by atoms with Crippen LogP contribution < -0.4 is 5.73 Å². The highest BCUT2D eigenvalue weighted by atomic mass is 19.1. The van der Waals surface area contributed by atoms with Crippen LogP contribution in [0, 0.1) is 12.7 Å². The number of rotatable bonds is 2. The lowest BCUT2D eigenvalue weighted by atomic mass is 10.1. The Morgan fingerprint density at radius 3 is 2.93 bits per heavy atom. The van der Waals surface area contributed by atoms with Gasteiger partial charge in [-0.1, -0.05) is 0 Å². The van der Waals surface area contributed by atoms with Crippen molar-refractivity contribution >= 4 is 10.9 Å². The van der Waals surface area contributed by atoms with Crippen molar-refractivity contribution in [3.05, 3.63) is 35.3 Å². The average molecular weight is 193 g/mol. The van der Waals surface area contributed by atoms with Gasteiger partial charge in [-0.15, -0.1) is 0 Å². The summed E-state index contributed by atoms with van der Waals surface area (Å²) in [6, 6.07) is 4.85. The van der Waals surface area contributed by atoms with Crippen LogP contribution in [0.2, 0.25) is 0 Å². The second-order valence-corrected chi connectivity index (χ2v) is 3.52. The van der Waals surface area contributed by atoms with Crippen molar-refractivity contribution in [1.82, 2.24) is 4.98 Å². The molecule has 2 aromatic rings. The summed E-state index contributed by atoms with van der Waals surface area (Å²) in [4.78, 5) is 3.24. The number of hydrogen-bond acceptors (Lipinski definition) is 0. The predicted octanol–water partition coefficient (Wildman–Crippen LogP) is 1.40. The summed E-state index contributed by atoms with van der Waals surface area (Å²) in [6.07, 6.45) is 0.898. The molecule has 0 bridgehead atoms. The van der Waals surface area contributed by atoms with E-state index in [1.165, 1.54) is 11.6 Å². The molecule has 0 aliphatic rings. The first kappa shape index (κ1) is 9.21. The lowest BCUT2D eigenvalue weighted by molar-refractivity contribution is -0.366. The van der Waals surface area contributed by atoms with E-state index in [2.05, 4.69) is 10.7 Å². The minimum atomic E-state index is -0.179.